The van der Waals surface area contributed by atoms with E-state index < -0.39 is 0 Å². The van der Waals surface area contributed by atoms with E-state index in [9.17, 15) is 4.79 Å². The van der Waals surface area contributed by atoms with Crippen molar-refractivity contribution in [3.05, 3.63) is 35.4 Å². The number of carbonyl (C=O) groups is 1. The van der Waals surface area contributed by atoms with E-state index in [4.69, 9.17) is 4.74 Å². The highest BCUT2D eigenvalue weighted by atomic mass is 16.5. The number of hydrogen-bond acceptors (Lipinski definition) is 3. The molecule has 1 aliphatic rings. The highest BCUT2D eigenvalue weighted by molar-refractivity contribution is 5.90. The van der Waals surface area contributed by atoms with Crippen molar-refractivity contribution in [3.8, 4) is 0 Å². The Balaban J connectivity index is 2.06. The van der Waals surface area contributed by atoms with Gasteiger partial charge in [0.15, 0.2) is 0 Å². The topological polar surface area (TPSA) is 38.3 Å². The summed E-state index contributed by atoms with van der Waals surface area (Å²) in [4.78, 5) is 11.7. The highest BCUT2D eigenvalue weighted by Crippen LogP contribution is 2.39. The standard InChI is InChI=1S/C15H21NO2/c1-15(2,12-8-9-12)16-10-11-6-4-5-7-13(11)14(17)18-3/h4-7,12,16H,8-10H2,1-3H3. The van der Waals surface area contributed by atoms with Crippen molar-refractivity contribution in [3.63, 3.8) is 0 Å². The maximum absolute atomic E-state index is 11.7. The molecule has 1 saturated carbocycles. The number of hydrogen-bond donors (Lipinski definition) is 1. The van der Waals surface area contributed by atoms with Crippen molar-refractivity contribution in [1.82, 2.24) is 5.32 Å². The number of rotatable bonds is 5. The Labute approximate surface area is 109 Å². The average Bonchev–Trinajstić information content (AvgIpc) is 3.20. The maximum atomic E-state index is 11.7. The van der Waals surface area contributed by atoms with Crippen LogP contribution in [0.5, 0.6) is 0 Å². The molecule has 0 heterocycles. The van der Waals surface area contributed by atoms with Crippen molar-refractivity contribution >= 4 is 5.97 Å². The SMILES string of the molecule is COC(=O)c1ccccc1CNC(C)(C)C1CC1. The van der Waals surface area contributed by atoms with E-state index in [1.807, 2.05) is 24.3 Å². The maximum Gasteiger partial charge on any atom is 0.338 e. The van der Waals surface area contributed by atoms with Gasteiger partial charge in [-0.1, -0.05) is 18.2 Å². The van der Waals surface area contributed by atoms with Crippen LogP contribution in [0.3, 0.4) is 0 Å². The van der Waals surface area contributed by atoms with Gasteiger partial charge in [-0.25, -0.2) is 4.79 Å². The first-order valence-corrected chi connectivity index (χ1v) is 6.46. The molecule has 0 unspecified atom stereocenters. The molecule has 1 aromatic carbocycles. The molecule has 0 bridgehead atoms. The van der Waals surface area contributed by atoms with Crippen LogP contribution in [0.25, 0.3) is 0 Å². The second kappa shape index (κ2) is 5.11. The van der Waals surface area contributed by atoms with Crippen LogP contribution >= 0.6 is 0 Å². The zero-order valence-electron chi connectivity index (χ0n) is 11.3. The quantitative estimate of drug-likeness (QED) is 0.813. The predicted molar refractivity (Wildman–Crippen MR) is 71.4 cm³/mol. The first kappa shape index (κ1) is 13.1. The summed E-state index contributed by atoms with van der Waals surface area (Å²) in [6.07, 6.45) is 2.61. The number of benzene rings is 1. The fourth-order valence-electron chi connectivity index (χ4n) is 2.26. The molecule has 18 heavy (non-hydrogen) atoms. The fourth-order valence-corrected chi connectivity index (χ4v) is 2.26. The van der Waals surface area contributed by atoms with Gasteiger partial charge < -0.3 is 10.1 Å². The van der Waals surface area contributed by atoms with Gasteiger partial charge in [-0.05, 0) is 44.2 Å². The lowest BCUT2D eigenvalue weighted by molar-refractivity contribution is 0.0599. The normalized spacial score (nSPS) is 15.5. The molecule has 0 aromatic heterocycles. The van der Waals surface area contributed by atoms with E-state index >= 15 is 0 Å². The van der Waals surface area contributed by atoms with Crippen molar-refractivity contribution in [2.24, 2.45) is 5.92 Å². The smallest absolute Gasteiger partial charge is 0.338 e. The molecule has 0 spiro atoms. The number of esters is 1. The summed E-state index contributed by atoms with van der Waals surface area (Å²) < 4.78 is 4.80. The number of carbonyl (C=O) groups excluding carboxylic acids is 1. The number of nitrogens with one attached hydrogen (secondary N) is 1. The molecule has 3 nitrogen and oxygen atoms in total. The minimum atomic E-state index is -0.267. The molecule has 0 radical (unpaired) electrons. The van der Waals surface area contributed by atoms with Gasteiger partial charge in [0.2, 0.25) is 0 Å². The van der Waals surface area contributed by atoms with Gasteiger partial charge in [-0.2, -0.15) is 0 Å². The lowest BCUT2D eigenvalue weighted by Gasteiger charge is -2.26. The Morgan fingerprint density at radius 2 is 2.06 bits per heavy atom. The summed E-state index contributed by atoms with van der Waals surface area (Å²) >= 11 is 0. The van der Waals surface area contributed by atoms with Gasteiger partial charge in [0.1, 0.15) is 0 Å². The zero-order chi connectivity index (χ0) is 13.2. The molecular formula is C15H21NO2. The van der Waals surface area contributed by atoms with E-state index in [0.717, 1.165) is 11.5 Å². The van der Waals surface area contributed by atoms with Crippen LogP contribution in [-0.2, 0) is 11.3 Å². The van der Waals surface area contributed by atoms with Crippen molar-refractivity contribution < 1.29 is 9.53 Å². The average molecular weight is 247 g/mol. The molecule has 1 N–H and O–H groups in total. The summed E-state index contributed by atoms with van der Waals surface area (Å²) in [5.74, 6) is 0.499. The van der Waals surface area contributed by atoms with Gasteiger partial charge in [-0.3, -0.25) is 0 Å². The van der Waals surface area contributed by atoms with Crippen LogP contribution in [0.4, 0.5) is 0 Å². The first-order valence-electron chi connectivity index (χ1n) is 6.46. The second-order valence-corrected chi connectivity index (χ2v) is 5.50. The minimum Gasteiger partial charge on any atom is -0.465 e. The van der Waals surface area contributed by atoms with Crippen LogP contribution in [0, 0.1) is 5.92 Å². The van der Waals surface area contributed by atoms with Gasteiger partial charge in [0, 0.05) is 12.1 Å². The van der Waals surface area contributed by atoms with E-state index in [0.29, 0.717) is 12.1 Å². The Bertz CT molecular complexity index is 436. The molecule has 1 aromatic rings. The molecule has 3 heteroatoms. The third-order valence-electron chi connectivity index (χ3n) is 3.76. The lowest BCUT2D eigenvalue weighted by atomic mass is 9.97. The van der Waals surface area contributed by atoms with Crippen LogP contribution < -0.4 is 5.32 Å². The van der Waals surface area contributed by atoms with E-state index in [1.165, 1.54) is 20.0 Å². The lowest BCUT2D eigenvalue weighted by Crippen LogP contribution is -2.41. The Morgan fingerprint density at radius 1 is 1.39 bits per heavy atom. The summed E-state index contributed by atoms with van der Waals surface area (Å²) in [6, 6.07) is 7.60. The Hall–Kier alpha value is -1.35. The third kappa shape index (κ3) is 2.91. The molecule has 2 rings (SSSR count). The van der Waals surface area contributed by atoms with Crippen molar-refractivity contribution in [1.29, 1.82) is 0 Å². The first-order chi connectivity index (χ1) is 8.54. The largest absolute Gasteiger partial charge is 0.465 e. The third-order valence-corrected chi connectivity index (χ3v) is 3.76. The van der Waals surface area contributed by atoms with E-state index in [-0.39, 0.29) is 11.5 Å². The molecule has 98 valence electrons. The monoisotopic (exact) mass is 247 g/mol. The summed E-state index contributed by atoms with van der Waals surface area (Å²) in [5, 5.41) is 3.55. The van der Waals surface area contributed by atoms with Crippen LogP contribution in [0.1, 0.15) is 42.6 Å². The fraction of sp³-hybridized carbons (Fsp3) is 0.533. The van der Waals surface area contributed by atoms with Gasteiger partial charge in [-0.15, -0.1) is 0 Å². The van der Waals surface area contributed by atoms with Gasteiger partial charge in [0.25, 0.3) is 0 Å². The molecule has 0 atom stereocenters. The zero-order valence-corrected chi connectivity index (χ0v) is 11.3. The Morgan fingerprint density at radius 3 is 2.67 bits per heavy atom. The van der Waals surface area contributed by atoms with Crippen molar-refractivity contribution in [2.45, 2.75) is 38.8 Å². The number of methoxy groups -OCH3 is 1. The highest BCUT2D eigenvalue weighted by Gasteiger charge is 2.37. The summed E-state index contributed by atoms with van der Waals surface area (Å²) in [6.45, 7) is 5.16. The summed E-state index contributed by atoms with van der Waals surface area (Å²) in [5.41, 5.74) is 1.79. The van der Waals surface area contributed by atoms with Gasteiger partial charge in [0.05, 0.1) is 12.7 Å². The minimum absolute atomic E-state index is 0.142. The van der Waals surface area contributed by atoms with Crippen LogP contribution in [0.2, 0.25) is 0 Å². The van der Waals surface area contributed by atoms with Gasteiger partial charge >= 0.3 is 5.97 Å². The van der Waals surface area contributed by atoms with Crippen LogP contribution in [-0.4, -0.2) is 18.6 Å². The second-order valence-electron chi connectivity index (χ2n) is 5.50. The molecule has 0 amide bonds. The predicted octanol–water partition coefficient (Wildman–Crippen LogP) is 2.75. The molecule has 0 saturated heterocycles. The molecular weight excluding hydrogens is 226 g/mol. The van der Waals surface area contributed by atoms with Crippen LogP contribution in [0.15, 0.2) is 24.3 Å². The Kier molecular flexibility index (Phi) is 3.71. The molecule has 0 aliphatic heterocycles. The molecule has 1 fully saturated rings. The van der Waals surface area contributed by atoms with Crippen molar-refractivity contribution in [2.75, 3.05) is 7.11 Å². The van der Waals surface area contributed by atoms with E-state index in [2.05, 4.69) is 19.2 Å². The summed E-state index contributed by atoms with van der Waals surface area (Å²) in [7, 11) is 1.42. The number of ether oxygens (including phenoxy) is 1. The van der Waals surface area contributed by atoms with E-state index in [1.54, 1.807) is 0 Å². The molecule has 1 aliphatic carbocycles.